The summed E-state index contributed by atoms with van der Waals surface area (Å²) in [7, 11) is 3.31. The van der Waals surface area contributed by atoms with Gasteiger partial charge in [0.25, 0.3) is 0 Å². The number of hydrogen-bond acceptors (Lipinski definition) is 7. The summed E-state index contributed by atoms with van der Waals surface area (Å²) in [5.74, 6) is -0.550. The molecule has 0 bridgehead atoms. The number of aryl methyl sites for hydroxylation is 2. The van der Waals surface area contributed by atoms with Gasteiger partial charge in [-0.25, -0.2) is 14.5 Å². The molecule has 1 unspecified atom stereocenters. The Morgan fingerprint density at radius 3 is 2.79 bits per heavy atom. The van der Waals surface area contributed by atoms with Crippen LogP contribution in [0.15, 0.2) is 12.1 Å². The molecular weight excluding hydrogens is 445 g/mol. The van der Waals surface area contributed by atoms with Crippen LogP contribution in [0.4, 0.5) is 9.18 Å². The van der Waals surface area contributed by atoms with Crippen molar-refractivity contribution in [3.8, 4) is 17.1 Å². The van der Waals surface area contributed by atoms with E-state index in [-0.39, 0.29) is 18.6 Å². The van der Waals surface area contributed by atoms with E-state index in [2.05, 4.69) is 15.3 Å². The topological polar surface area (TPSA) is 120 Å². The Bertz CT molecular complexity index is 998. The molecule has 0 saturated heterocycles. The highest BCUT2D eigenvalue weighted by Gasteiger charge is 2.28. The number of amides is 1. The van der Waals surface area contributed by atoms with Gasteiger partial charge in [-0.2, -0.15) is 0 Å². The maximum absolute atomic E-state index is 12.3. The van der Waals surface area contributed by atoms with Crippen LogP contribution in [0, 0.1) is 12.8 Å². The molecule has 0 radical (unpaired) electrons. The summed E-state index contributed by atoms with van der Waals surface area (Å²) < 4.78 is 25.3. The molecular formula is C23H32FN5O5. The summed E-state index contributed by atoms with van der Waals surface area (Å²) in [6, 6.07) is 3.56. The molecule has 1 N–H and O–H groups in total. The molecule has 1 aliphatic carbocycles. The van der Waals surface area contributed by atoms with Gasteiger partial charge in [-0.15, -0.1) is 5.10 Å². The SMILES string of the molecule is Cc1nc(-c2nnn(C)c2COC(=O)N(C)CCCCF)ccc1OC1CCC[C@H](C(=O)O)C1. The summed E-state index contributed by atoms with van der Waals surface area (Å²) in [5, 5.41) is 17.5. The zero-order valence-corrected chi connectivity index (χ0v) is 19.9. The smallest absolute Gasteiger partial charge is 0.409 e. The number of nitrogens with zero attached hydrogens (tertiary/aromatic N) is 5. The molecule has 0 aromatic carbocycles. The van der Waals surface area contributed by atoms with Crippen LogP contribution in [0.25, 0.3) is 11.4 Å². The average molecular weight is 478 g/mol. The van der Waals surface area contributed by atoms with Gasteiger partial charge in [0.15, 0.2) is 0 Å². The maximum Gasteiger partial charge on any atom is 0.409 e. The fourth-order valence-corrected chi connectivity index (χ4v) is 3.97. The molecule has 3 rings (SSSR count). The second kappa shape index (κ2) is 11.8. The molecule has 34 heavy (non-hydrogen) atoms. The largest absolute Gasteiger partial charge is 0.489 e. The molecule has 1 saturated carbocycles. The van der Waals surface area contributed by atoms with Crippen LogP contribution in [-0.4, -0.2) is 68.4 Å². The van der Waals surface area contributed by atoms with Crippen LogP contribution in [0.2, 0.25) is 0 Å². The van der Waals surface area contributed by atoms with Crippen LogP contribution in [0.1, 0.15) is 49.9 Å². The van der Waals surface area contributed by atoms with Crippen molar-refractivity contribution in [1.29, 1.82) is 0 Å². The minimum absolute atomic E-state index is 0.0389. The average Bonchev–Trinajstić information content (AvgIpc) is 3.19. The lowest BCUT2D eigenvalue weighted by atomic mass is 9.87. The Labute approximate surface area is 198 Å². The van der Waals surface area contributed by atoms with Crippen molar-refractivity contribution in [2.24, 2.45) is 13.0 Å². The minimum Gasteiger partial charge on any atom is -0.489 e. The van der Waals surface area contributed by atoms with Crippen LogP contribution in [0.5, 0.6) is 5.75 Å². The van der Waals surface area contributed by atoms with Gasteiger partial charge in [0.1, 0.15) is 23.7 Å². The number of alkyl halides is 1. The molecule has 2 heterocycles. The summed E-state index contributed by atoms with van der Waals surface area (Å²) in [5.41, 5.74) is 2.29. The van der Waals surface area contributed by atoms with Gasteiger partial charge >= 0.3 is 12.1 Å². The normalized spacial score (nSPS) is 17.9. The second-order valence-corrected chi connectivity index (χ2v) is 8.60. The molecule has 2 atom stereocenters. The second-order valence-electron chi connectivity index (χ2n) is 8.60. The van der Waals surface area contributed by atoms with Gasteiger partial charge < -0.3 is 19.5 Å². The number of halogens is 1. The fourth-order valence-electron chi connectivity index (χ4n) is 3.97. The van der Waals surface area contributed by atoms with Crippen LogP contribution in [-0.2, 0) is 23.2 Å². The molecule has 1 aliphatic rings. The van der Waals surface area contributed by atoms with E-state index in [1.165, 1.54) is 9.58 Å². The first-order valence-electron chi connectivity index (χ1n) is 11.5. The van der Waals surface area contributed by atoms with Crippen LogP contribution < -0.4 is 4.74 Å². The fraction of sp³-hybridized carbons (Fsp3) is 0.609. The van der Waals surface area contributed by atoms with Crippen molar-refractivity contribution in [1.82, 2.24) is 24.9 Å². The lowest BCUT2D eigenvalue weighted by Crippen LogP contribution is -2.29. The molecule has 186 valence electrons. The van der Waals surface area contributed by atoms with Gasteiger partial charge in [0.2, 0.25) is 0 Å². The first-order valence-corrected chi connectivity index (χ1v) is 11.5. The number of unbranched alkanes of at least 4 members (excludes halogenated alkanes) is 1. The standard InChI is InChI=1S/C23H32FN5O5/c1-15-20(34-17-8-6-7-16(13-17)22(30)31)10-9-18(25-15)21-19(29(3)27-26-21)14-33-23(32)28(2)12-5-4-11-24/h9-10,16-17H,4-8,11-14H2,1-3H3,(H,30,31)/t16-,17?/m0/s1. The van der Waals surface area contributed by atoms with Crippen LogP contribution >= 0.6 is 0 Å². The quantitative estimate of drug-likeness (QED) is 0.516. The van der Waals surface area contributed by atoms with Crippen molar-refractivity contribution in [3.63, 3.8) is 0 Å². The molecule has 10 nitrogen and oxygen atoms in total. The van der Waals surface area contributed by atoms with Gasteiger partial charge in [0.05, 0.1) is 30.1 Å². The zero-order chi connectivity index (χ0) is 24.7. The third kappa shape index (κ3) is 6.42. The number of hydrogen-bond donors (Lipinski definition) is 1. The third-order valence-electron chi connectivity index (χ3n) is 6.01. The number of carboxylic acids is 1. The summed E-state index contributed by atoms with van der Waals surface area (Å²) in [6.07, 6.45) is 3.10. The van der Waals surface area contributed by atoms with E-state index in [0.717, 1.165) is 12.8 Å². The lowest BCUT2D eigenvalue weighted by molar-refractivity contribution is -0.143. The van der Waals surface area contributed by atoms with Crippen molar-refractivity contribution in [2.75, 3.05) is 20.3 Å². The van der Waals surface area contributed by atoms with E-state index in [0.29, 0.717) is 60.8 Å². The predicted molar refractivity (Wildman–Crippen MR) is 121 cm³/mol. The Balaban J connectivity index is 1.66. The molecule has 1 fully saturated rings. The Hall–Kier alpha value is -3.24. The van der Waals surface area contributed by atoms with E-state index >= 15 is 0 Å². The first kappa shape index (κ1) is 25.4. The Kier molecular flexibility index (Phi) is 8.78. The molecule has 0 aliphatic heterocycles. The number of ether oxygens (including phenoxy) is 2. The molecule has 2 aromatic heterocycles. The molecule has 11 heteroatoms. The lowest BCUT2D eigenvalue weighted by Gasteiger charge is -2.27. The number of pyridine rings is 1. The highest BCUT2D eigenvalue weighted by molar-refractivity contribution is 5.70. The minimum atomic E-state index is -0.777. The van der Waals surface area contributed by atoms with Crippen molar-refractivity contribution in [3.05, 3.63) is 23.5 Å². The van der Waals surface area contributed by atoms with Gasteiger partial charge in [-0.05, 0) is 57.6 Å². The Morgan fingerprint density at radius 1 is 1.29 bits per heavy atom. The predicted octanol–water partition coefficient (Wildman–Crippen LogP) is 3.53. The number of carboxylic acid groups (broad SMARTS) is 1. The van der Waals surface area contributed by atoms with E-state index in [1.54, 1.807) is 26.2 Å². The van der Waals surface area contributed by atoms with Crippen LogP contribution in [0.3, 0.4) is 0 Å². The van der Waals surface area contributed by atoms with E-state index < -0.39 is 18.7 Å². The summed E-state index contributed by atoms with van der Waals surface area (Å²) in [4.78, 5) is 29.6. The number of aliphatic carboxylic acids is 1. The highest BCUT2D eigenvalue weighted by Crippen LogP contribution is 2.30. The third-order valence-corrected chi connectivity index (χ3v) is 6.01. The summed E-state index contributed by atoms with van der Waals surface area (Å²) in [6.45, 7) is 1.78. The van der Waals surface area contributed by atoms with E-state index in [4.69, 9.17) is 9.47 Å². The van der Waals surface area contributed by atoms with E-state index in [9.17, 15) is 19.1 Å². The zero-order valence-electron chi connectivity index (χ0n) is 19.9. The Morgan fingerprint density at radius 2 is 2.09 bits per heavy atom. The van der Waals surface area contributed by atoms with Gasteiger partial charge in [0, 0.05) is 20.6 Å². The number of aromatic nitrogens is 4. The number of carbonyl (C=O) groups excluding carboxylic acids is 1. The van der Waals surface area contributed by atoms with Gasteiger partial charge in [-0.3, -0.25) is 9.18 Å². The number of carbonyl (C=O) groups is 2. The molecule has 2 aromatic rings. The van der Waals surface area contributed by atoms with Crippen molar-refractivity contribution < 1.29 is 28.6 Å². The molecule has 1 amide bonds. The van der Waals surface area contributed by atoms with Crippen molar-refractivity contribution in [2.45, 2.75) is 58.2 Å². The highest BCUT2D eigenvalue weighted by atomic mass is 19.1. The van der Waals surface area contributed by atoms with Gasteiger partial charge in [-0.1, -0.05) is 5.21 Å². The summed E-state index contributed by atoms with van der Waals surface area (Å²) >= 11 is 0. The maximum atomic E-state index is 12.3. The molecule has 0 spiro atoms. The monoisotopic (exact) mass is 477 g/mol. The number of rotatable bonds is 10. The van der Waals surface area contributed by atoms with E-state index in [1.807, 2.05) is 6.92 Å². The van der Waals surface area contributed by atoms with Crippen molar-refractivity contribution >= 4 is 12.1 Å². The first-order chi connectivity index (χ1) is 16.3.